The van der Waals surface area contributed by atoms with E-state index < -0.39 is 15.6 Å². The summed E-state index contributed by atoms with van der Waals surface area (Å²) in [7, 11) is -1.49. The molecule has 1 aliphatic rings. The van der Waals surface area contributed by atoms with Crippen LogP contribution < -0.4 is 15.4 Å². The zero-order valence-electron chi connectivity index (χ0n) is 13.9. The minimum atomic E-state index is -3.22. The molecule has 0 bridgehead atoms. The first-order valence-corrected chi connectivity index (χ1v) is 9.46. The van der Waals surface area contributed by atoms with Gasteiger partial charge in [0.2, 0.25) is 10.0 Å². The largest absolute Gasteiger partial charge is 0.355 e. The molecule has 0 amide bonds. The molecule has 0 radical (unpaired) electrons. The van der Waals surface area contributed by atoms with Gasteiger partial charge >= 0.3 is 0 Å². The van der Waals surface area contributed by atoms with E-state index in [0.29, 0.717) is 12.6 Å². The van der Waals surface area contributed by atoms with Crippen molar-refractivity contribution in [2.24, 2.45) is 10.9 Å². The zero-order valence-corrected chi connectivity index (χ0v) is 14.7. The molecule has 1 fully saturated rings. The van der Waals surface area contributed by atoms with Crippen LogP contribution in [-0.4, -0.2) is 45.8 Å². The highest BCUT2D eigenvalue weighted by Gasteiger charge is 2.23. The summed E-state index contributed by atoms with van der Waals surface area (Å²) in [6.45, 7) is 6.46. The van der Waals surface area contributed by atoms with Crippen LogP contribution in [0.25, 0.3) is 0 Å². The van der Waals surface area contributed by atoms with Crippen molar-refractivity contribution in [1.82, 2.24) is 15.4 Å². The summed E-state index contributed by atoms with van der Waals surface area (Å²) in [5, 5.41) is 6.63. The van der Waals surface area contributed by atoms with E-state index in [9.17, 15) is 8.42 Å². The molecule has 3 N–H and O–H groups in total. The lowest BCUT2D eigenvalue weighted by molar-refractivity contribution is 0.328. The third-order valence-corrected chi connectivity index (χ3v) is 4.66. The summed E-state index contributed by atoms with van der Waals surface area (Å²) >= 11 is 0. The van der Waals surface area contributed by atoms with Gasteiger partial charge in [0.05, 0.1) is 6.26 Å². The summed E-state index contributed by atoms with van der Waals surface area (Å²) in [4.78, 5) is 4.22. The van der Waals surface area contributed by atoms with Gasteiger partial charge in [-0.25, -0.2) is 13.1 Å². The quantitative estimate of drug-likeness (QED) is 0.523. The van der Waals surface area contributed by atoms with Crippen LogP contribution in [0, 0.1) is 5.92 Å². The van der Waals surface area contributed by atoms with Gasteiger partial charge in [0.1, 0.15) is 0 Å². The molecule has 1 saturated carbocycles. The smallest absolute Gasteiger partial charge is 0.209 e. The maximum Gasteiger partial charge on any atom is 0.209 e. The molecule has 0 aromatic heterocycles. The van der Waals surface area contributed by atoms with Crippen LogP contribution in [-0.2, 0) is 10.0 Å². The molecule has 0 heterocycles. The number of sulfonamides is 1. The number of nitrogens with one attached hydrogen (secondary N) is 3. The molecule has 1 rings (SSSR count). The fourth-order valence-corrected chi connectivity index (χ4v) is 3.71. The van der Waals surface area contributed by atoms with Crippen LogP contribution in [0.5, 0.6) is 0 Å². The first-order valence-electron chi connectivity index (χ1n) is 7.57. The van der Waals surface area contributed by atoms with Crippen LogP contribution in [0.2, 0.25) is 0 Å². The number of hydrogen-bond donors (Lipinski definition) is 3. The zero-order chi connectivity index (χ0) is 16.1. The predicted molar refractivity (Wildman–Crippen MR) is 88.0 cm³/mol. The molecular weight excluding hydrogens is 288 g/mol. The Kier molecular flexibility index (Phi) is 6.46. The normalized spacial score (nSPS) is 24.7. The van der Waals surface area contributed by atoms with Gasteiger partial charge in [0.25, 0.3) is 0 Å². The summed E-state index contributed by atoms with van der Waals surface area (Å²) in [5.41, 5.74) is -0.563. The Morgan fingerprint density at radius 3 is 2.29 bits per heavy atom. The highest BCUT2D eigenvalue weighted by atomic mass is 32.2. The number of nitrogens with zero attached hydrogens (tertiary/aromatic N) is 1. The van der Waals surface area contributed by atoms with Crippen molar-refractivity contribution in [3.05, 3.63) is 0 Å². The van der Waals surface area contributed by atoms with Crippen LogP contribution in [0.3, 0.4) is 0 Å². The van der Waals surface area contributed by atoms with Crippen molar-refractivity contribution in [2.45, 2.75) is 58.0 Å². The van der Waals surface area contributed by atoms with E-state index in [1.807, 2.05) is 13.8 Å². The van der Waals surface area contributed by atoms with Crippen LogP contribution >= 0.6 is 0 Å². The van der Waals surface area contributed by atoms with Crippen molar-refractivity contribution in [3.8, 4) is 0 Å². The second-order valence-corrected chi connectivity index (χ2v) is 8.53. The van der Waals surface area contributed by atoms with E-state index >= 15 is 0 Å². The lowest BCUT2D eigenvalue weighted by Gasteiger charge is -2.30. The first kappa shape index (κ1) is 18.2. The maximum absolute atomic E-state index is 11.3. The highest BCUT2D eigenvalue weighted by molar-refractivity contribution is 7.88. The maximum atomic E-state index is 11.3. The Morgan fingerprint density at radius 1 is 1.24 bits per heavy atom. The molecule has 7 heteroatoms. The van der Waals surface area contributed by atoms with Crippen molar-refractivity contribution >= 4 is 16.0 Å². The summed E-state index contributed by atoms with van der Waals surface area (Å²) in [6, 6.07) is 0.457. The summed E-state index contributed by atoms with van der Waals surface area (Å²) < 4.78 is 25.3. The Bertz CT molecular complexity index is 452. The SMILES string of the molecule is CN=C(NCC(C)(C)NS(C)(=O)=O)NC1CCC(C)CC1. The molecule has 1 aliphatic carbocycles. The van der Waals surface area contributed by atoms with Gasteiger partial charge in [0, 0.05) is 25.2 Å². The van der Waals surface area contributed by atoms with Gasteiger partial charge in [0.15, 0.2) is 5.96 Å². The molecule has 21 heavy (non-hydrogen) atoms. The molecule has 124 valence electrons. The second kappa shape index (κ2) is 7.45. The lowest BCUT2D eigenvalue weighted by atomic mass is 9.87. The summed E-state index contributed by atoms with van der Waals surface area (Å²) in [5.74, 6) is 1.55. The fraction of sp³-hybridized carbons (Fsp3) is 0.929. The highest BCUT2D eigenvalue weighted by Crippen LogP contribution is 2.23. The van der Waals surface area contributed by atoms with Gasteiger partial charge in [-0.15, -0.1) is 0 Å². The predicted octanol–water partition coefficient (Wildman–Crippen LogP) is 1.06. The van der Waals surface area contributed by atoms with Crippen molar-refractivity contribution in [2.75, 3.05) is 19.8 Å². The van der Waals surface area contributed by atoms with Gasteiger partial charge in [-0.05, 0) is 45.4 Å². The molecule has 0 aromatic rings. The van der Waals surface area contributed by atoms with Gasteiger partial charge in [-0.2, -0.15) is 0 Å². The van der Waals surface area contributed by atoms with Crippen LogP contribution in [0.15, 0.2) is 4.99 Å². The van der Waals surface area contributed by atoms with E-state index in [1.165, 1.54) is 19.1 Å². The minimum absolute atomic E-state index is 0.457. The second-order valence-electron chi connectivity index (χ2n) is 6.79. The molecule has 0 aliphatic heterocycles. The van der Waals surface area contributed by atoms with E-state index in [1.54, 1.807) is 7.05 Å². The molecule has 0 aromatic carbocycles. The number of guanidine groups is 1. The molecule has 0 saturated heterocycles. The van der Waals surface area contributed by atoms with E-state index in [0.717, 1.165) is 24.7 Å². The van der Waals surface area contributed by atoms with Gasteiger partial charge < -0.3 is 10.6 Å². The van der Waals surface area contributed by atoms with E-state index in [-0.39, 0.29) is 0 Å². The molecule has 0 unspecified atom stereocenters. The first-order chi connectivity index (χ1) is 9.61. The third-order valence-electron chi connectivity index (χ3n) is 3.74. The fourth-order valence-electron chi connectivity index (χ4n) is 2.64. The molecule has 0 atom stereocenters. The summed E-state index contributed by atoms with van der Waals surface area (Å²) in [6.07, 6.45) is 5.98. The van der Waals surface area contributed by atoms with E-state index in [4.69, 9.17) is 0 Å². The Hall–Kier alpha value is -0.820. The van der Waals surface area contributed by atoms with Gasteiger partial charge in [-0.1, -0.05) is 6.92 Å². The molecule has 6 nitrogen and oxygen atoms in total. The molecule has 0 spiro atoms. The average molecular weight is 318 g/mol. The van der Waals surface area contributed by atoms with Crippen molar-refractivity contribution in [3.63, 3.8) is 0 Å². The van der Waals surface area contributed by atoms with Crippen LogP contribution in [0.4, 0.5) is 0 Å². The number of hydrogen-bond acceptors (Lipinski definition) is 3. The number of aliphatic imine (C=N–C) groups is 1. The van der Waals surface area contributed by atoms with Crippen molar-refractivity contribution in [1.29, 1.82) is 0 Å². The standard InChI is InChI=1S/C14H30N4O2S/c1-11-6-8-12(9-7-11)17-13(15-4)16-10-14(2,3)18-21(5,19)20/h11-12,18H,6-10H2,1-5H3,(H2,15,16,17). The monoisotopic (exact) mass is 318 g/mol. The Morgan fingerprint density at radius 2 is 1.81 bits per heavy atom. The molecular formula is C14H30N4O2S. The Balaban J connectivity index is 2.44. The lowest BCUT2D eigenvalue weighted by Crippen LogP contribution is -2.54. The third kappa shape index (κ3) is 7.66. The van der Waals surface area contributed by atoms with Gasteiger partial charge in [-0.3, -0.25) is 4.99 Å². The van der Waals surface area contributed by atoms with Crippen molar-refractivity contribution < 1.29 is 8.42 Å². The minimum Gasteiger partial charge on any atom is -0.355 e. The Labute approximate surface area is 129 Å². The van der Waals surface area contributed by atoms with Crippen LogP contribution in [0.1, 0.15) is 46.5 Å². The van der Waals surface area contributed by atoms with E-state index in [2.05, 4.69) is 27.3 Å². The topological polar surface area (TPSA) is 82.6 Å². The number of rotatable bonds is 5. The average Bonchev–Trinajstić information content (AvgIpc) is 2.34.